The van der Waals surface area contributed by atoms with Gasteiger partial charge in [-0.1, -0.05) is 29.5 Å². The van der Waals surface area contributed by atoms with E-state index in [1.807, 2.05) is 19.1 Å². The van der Waals surface area contributed by atoms with Crippen molar-refractivity contribution in [3.05, 3.63) is 81.3 Å². The SMILES string of the molecule is Cc1ccc(-n2cc(CN3CCc4c([nH]c5ccccc45)C3)nn2)c([N+](=O)[O-])c1. The summed E-state index contributed by atoms with van der Waals surface area (Å²) >= 11 is 0. The zero-order chi connectivity index (χ0) is 20.0. The van der Waals surface area contributed by atoms with Gasteiger partial charge in [-0.25, -0.2) is 4.68 Å². The molecule has 0 spiro atoms. The molecule has 0 atom stereocenters. The molecule has 1 aliphatic heterocycles. The molecule has 3 heterocycles. The molecule has 1 N–H and O–H groups in total. The quantitative estimate of drug-likeness (QED) is 0.426. The van der Waals surface area contributed by atoms with Gasteiger partial charge in [-0.15, -0.1) is 5.10 Å². The van der Waals surface area contributed by atoms with Crippen molar-refractivity contribution in [1.82, 2.24) is 24.9 Å². The fraction of sp³-hybridized carbons (Fsp3) is 0.238. The van der Waals surface area contributed by atoms with Crippen molar-refractivity contribution < 1.29 is 4.92 Å². The molecule has 29 heavy (non-hydrogen) atoms. The molecule has 0 amide bonds. The van der Waals surface area contributed by atoms with Gasteiger partial charge in [0.25, 0.3) is 5.69 Å². The van der Waals surface area contributed by atoms with Gasteiger partial charge in [-0.05, 0) is 36.6 Å². The van der Waals surface area contributed by atoms with Crippen LogP contribution in [-0.2, 0) is 19.5 Å². The van der Waals surface area contributed by atoms with Gasteiger partial charge >= 0.3 is 0 Å². The number of aromatic nitrogens is 4. The molecule has 0 saturated heterocycles. The number of aromatic amines is 1. The van der Waals surface area contributed by atoms with Crippen LogP contribution in [0.3, 0.4) is 0 Å². The van der Waals surface area contributed by atoms with Crippen LogP contribution in [-0.4, -0.2) is 36.3 Å². The van der Waals surface area contributed by atoms with Crippen LogP contribution in [0.4, 0.5) is 5.69 Å². The van der Waals surface area contributed by atoms with E-state index in [-0.39, 0.29) is 10.6 Å². The van der Waals surface area contributed by atoms with E-state index in [2.05, 4.69) is 38.4 Å². The van der Waals surface area contributed by atoms with Crippen LogP contribution in [0.1, 0.15) is 22.5 Å². The van der Waals surface area contributed by atoms with E-state index in [9.17, 15) is 10.1 Å². The first-order valence-corrected chi connectivity index (χ1v) is 9.56. The topological polar surface area (TPSA) is 92.9 Å². The molecular weight excluding hydrogens is 368 g/mol. The standard InChI is InChI=1S/C21H20N6O2/c1-14-6-7-20(21(10-14)27(28)29)26-12-15(23-24-26)11-25-9-8-17-16-4-2-3-5-18(16)22-19(17)13-25/h2-7,10,12,22H,8-9,11,13H2,1H3. The minimum absolute atomic E-state index is 0.0298. The number of benzene rings is 2. The second-order valence-electron chi connectivity index (χ2n) is 7.49. The first-order chi connectivity index (χ1) is 14.1. The van der Waals surface area contributed by atoms with Gasteiger partial charge in [-0.2, -0.15) is 0 Å². The second kappa shape index (κ2) is 6.82. The summed E-state index contributed by atoms with van der Waals surface area (Å²) in [5.41, 5.74) is 5.91. The van der Waals surface area contributed by atoms with E-state index >= 15 is 0 Å². The van der Waals surface area contributed by atoms with Crippen molar-refractivity contribution in [2.24, 2.45) is 0 Å². The lowest BCUT2D eigenvalue weighted by molar-refractivity contribution is -0.384. The van der Waals surface area contributed by atoms with Gasteiger partial charge in [0.2, 0.25) is 0 Å². The Labute approximate surface area is 166 Å². The Hall–Kier alpha value is -3.52. The minimum Gasteiger partial charge on any atom is -0.357 e. The molecule has 8 nitrogen and oxygen atoms in total. The Kier molecular flexibility index (Phi) is 4.13. The molecule has 146 valence electrons. The predicted octanol–water partition coefficient (Wildman–Crippen LogP) is 3.52. The number of nitrogens with one attached hydrogen (secondary N) is 1. The summed E-state index contributed by atoms with van der Waals surface area (Å²) < 4.78 is 1.49. The molecule has 0 radical (unpaired) electrons. The number of para-hydroxylation sites is 1. The molecule has 0 saturated carbocycles. The number of hydrogen-bond acceptors (Lipinski definition) is 5. The average Bonchev–Trinajstić information content (AvgIpc) is 3.32. The summed E-state index contributed by atoms with van der Waals surface area (Å²) in [6.45, 7) is 4.24. The predicted molar refractivity (Wildman–Crippen MR) is 109 cm³/mol. The number of nitro groups is 1. The lowest BCUT2D eigenvalue weighted by Gasteiger charge is -2.25. The van der Waals surface area contributed by atoms with Crippen LogP contribution in [0.5, 0.6) is 0 Å². The number of nitrogens with zero attached hydrogens (tertiary/aromatic N) is 5. The van der Waals surface area contributed by atoms with E-state index in [0.29, 0.717) is 12.2 Å². The Morgan fingerprint density at radius 1 is 1.24 bits per heavy atom. The third kappa shape index (κ3) is 3.17. The summed E-state index contributed by atoms with van der Waals surface area (Å²) in [4.78, 5) is 16.9. The van der Waals surface area contributed by atoms with Crippen LogP contribution < -0.4 is 0 Å². The molecule has 2 aromatic carbocycles. The number of H-pyrrole nitrogens is 1. The Bertz CT molecular complexity index is 1230. The normalized spacial score (nSPS) is 14.2. The van der Waals surface area contributed by atoms with Crippen molar-refractivity contribution in [3.8, 4) is 5.69 Å². The molecular formula is C21H20N6O2. The molecule has 4 aromatic rings. The van der Waals surface area contributed by atoms with E-state index in [0.717, 1.165) is 30.8 Å². The molecule has 0 unspecified atom stereocenters. The number of hydrogen-bond donors (Lipinski definition) is 1. The zero-order valence-electron chi connectivity index (χ0n) is 16.0. The molecule has 8 heteroatoms. The summed E-state index contributed by atoms with van der Waals surface area (Å²) in [6, 6.07) is 13.5. The lowest BCUT2D eigenvalue weighted by atomic mass is 10.0. The van der Waals surface area contributed by atoms with Crippen molar-refractivity contribution in [3.63, 3.8) is 0 Å². The Balaban J connectivity index is 1.37. The summed E-state index contributed by atoms with van der Waals surface area (Å²) in [6.07, 6.45) is 2.76. The van der Waals surface area contributed by atoms with Crippen LogP contribution in [0.25, 0.3) is 16.6 Å². The highest BCUT2D eigenvalue weighted by Gasteiger charge is 2.22. The minimum atomic E-state index is -0.383. The number of aryl methyl sites for hydroxylation is 1. The first kappa shape index (κ1) is 17.6. The smallest absolute Gasteiger partial charge is 0.295 e. The van der Waals surface area contributed by atoms with E-state index in [4.69, 9.17) is 0 Å². The van der Waals surface area contributed by atoms with Crippen molar-refractivity contribution >= 4 is 16.6 Å². The molecule has 0 bridgehead atoms. The Morgan fingerprint density at radius 2 is 2.10 bits per heavy atom. The highest BCUT2D eigenvalue weighted by Crippen LogP contribution is 2.28. The average molecular weight is 388 g/mol. The van der Waals surface area contributed by atoms with Gasteiger partial charge < -0.3 is 4.98 Å². The van der Waals surface area contributed by atoms with Gasteiger partial charge in [0, 0.05) is 42.3 Å². The highest BCUT2D eigenvalue weighted by molar-refractivity contribution is 5.84. The van der Waals surface area contributed by atoms with Crippen molar-refractivity contribution in [1.29, 1.82) is 0 Å². The third-order valence-corrected chi connectivity index (χ3v) is 5.46. The van der Waals surface area contributed by atoms with Gasteiger partial charge in [0.05, 0.1) is 16.8 Å². The summed E-state index contributed by atoms with van der Waals surface area (Å²) in [5, 5.41) is 21.1. The second-order valence-corrected chi connectivity index (χ2v) is 7.49. The number of rotatable bonds is 4. The van der Waals surface area contributed by atoms with Gasteiger partial charge in [0.1, 0.15) is 5.69 Å². The van der Waals surface area contributed by atoms with Crippen LogP contribution >= 0.6 is 0 Å². The van der Waals surface area contributed by atoms with E-state index < -0.39 is 0 Å². The van der Waals surface area contributed by atoms with E-state index in [1.54, 1.807) is 18.3 Å². The van der Waals surface area contributed by atoms with Crippen LogP contribution in [0.15, 0.2) is 48.7 Å². The van der Waals surface area contributed by atoms with Gasteiger partial charge in [-0.3, -0.25) is 15.0 Å². The molecule has 2 aromatic heterocycles. The van der Waals surface area contributed by atoms with Gasteiger partial charge in [0.15, 0.2) is 0 Å². The highest BCUT2D eigenvalue weighted by atomic mass is 16.6. The maximum absolute atomic E-state index is 11.4. The summed E-state index contributed by atoms with van der Waals surface area (Å²) in [7, 11) is 0. The fourth-order valence-corrected chi connectivity index (χ4v) is 4.08. The molecule has 1 aliphatic rings. The third-order valence-electron chi connectivity index (χ3n) is 5.46. The largest absolute Gasteiger partial charge is 0.357 e. The number of fused-ring (bicyclic) bond motifs is 3. The molecule has 0 fully saturated rings. The molecule has 0 aliphatic carbocycles. The molecule has 5 rings (SSSR count). The first-order valence-electron chi connectivity index (χ1n) is 9.56. The zero-order valence-corrected chi connectivity index (χ0v) is 16.0. The summed E-state index contributed by atoms with van der Waals surface area (Å²) in [5.74, 6) is 0. The van der Waals surface area contributed by atoms with Crippen molar-refractivity contribution in [2.45, 2.75) is 26.4 Å². The van der Waals surface area contributed by atoms with Crippen LogP contribution in [0.2, 0.25) is 0 Å². The monoisotopic (exact) mass is 388 g/mol. The lowest BCUT2D eigenvalue weighted by Crippen LogP contribution is -2.30. The fourth-order valence-electron chi connectivity index (χ4n) is 4.08. The Morgan fingerprint density at radius 3 is 2.97 bits per heavy atom. The van der Waals surface area contributed by atoms with Crippen molar-refractivity contribution in [2.75, 3.05) is 6.54 Å². The van der Waals surface area contributed by atoms with E-state index in [1.165, 1.54) is 26.8 Å². The maximum atomic E-state index is 11.4. The number of nitro benzene ring substituents is 1. The maximum Gasteiger partial charge on any atom is 0.295 e. The van der Waals surface area contributed by atoms with Crippen LogP contribution in [0, 0.1) is 17.0 Å².